The second-order valence-corrected chi connectivity index (χ2v) is 8.03. The summed E-state index contributed by atoms with van der Waals surface area (Å²) >= 11 is 0. The van der Waals surface area contributed by atoms with Crippen LogP contribution < -0.4 is 16.0 Å². The molecule has 0 spiro atoms. The van der Waals surface area contributed by atoms with Gasteiger partial charge in [-0.3, -0.25) is 4.68 Å². The number of carbonyl (C=O) groups is 1. The molecule has 0 saturated heterocycles. The van der Waals surface area contributed by atoms with E-state index in [0.29, 0.717) is 19.5 Å². The lowest BCUT2D eigenvalue weighted by molar-refractivity contribution is 0.252. The number of anilines is 2. The Kier molecular flexibility index (Phi) is 5.70. The van der Waals surface area contributed by atoms with Crippen molar-refractivity contribution in [1.29, 1.82) is 0 Å². The molecule has 1 aliphatic heterocycles. The fourth-order valence-corrected chi connectivity index (χ4v) is 4.03. The van der Waals surface area contributed by atoms with E-state index < -0.39 is 0 Å². The molecule has 0 radical (unpaired) electrons. The molecule has 1 aliphatic rings. The molecule has 3 N–H and O–H groups in total. The summed E-state index contributed by atoms with van der Waals surface area (Å²) in [6, 6.07) is 20.0. The number of aromatic nitrogens is 3. The minimum Gasteiger partial charge on any atom is -0.370 e. The van der Waals surface area contributed by atoms with Crippen molar-refractivity contribution in [3.05, 3.63) is 83.7 Å². The summed E-state index contributed by atoms with van der Waals surface area (Å²) in [5.74, 6) is 0.985. The number of benzene rings is 2. The highest BCUT2D eigenvalue weighted by atomic mass is 16.2. The maximum Gasteiger partial charge on any atom is 0.319 e. The van der Waals surface area contributed by atoms with Crippen LogP contribution in [0.4, 0.5) is 16.3 Å². The fourth-order valence-electron chi connectivity index (χ4n) is 4.03. The maximum absolute atomic E-state index is 12.3. The Morgan fingerprint density at radius 2 is 2.00 bits per heavy atom. The fraction of sp³-hybridized carbons (Fsp3) is 0.240. The Balaban J connectivity index is 1.16. The van der Waals surface area contributed by atoms with Crippen LogP contribution in [0, 0.1) is 0 Å². The number of amides is 2. The molecule has 0 atom stereocenters. The molecule has 5 rings (SSSR count). The van der Waals surface area contributed by atoms with Crippen molar-refractivity contribution in [1.82, 2.24) is 20.1 Å². The number of carbonyl (C=O) groups excluding carboxylic acids is 1. The molecule has 2 aromatic heterocycles. The van der Waals surface area contributed by atoms with Crippen LogP contribution in [0.1, 0.15) is 23.2 Å². The first-order valence-electron chi connectivity index (χ1n) is 11.0. The van der Waals surface area contributed by atoms with Crippen LogP contribution in [-0.4, -0.2) is 33.9 Å². The number of fused-ring (bicyclic) bond motifs is 2. The van der Waals surface area contributed by atoms with E-state index in [2.05, 4.69) is 44.2 Å². The highest BCUT2D eigenvalue weighted by Gasteiger charge is 2.11. The summed E-state index contributed by atoms with van der Waals surface area (Å²) in [7, 11) is 0. The first-order valence-corrected chi connectivity index (χ1v) is 11.0. The molecule has 7 heteroatoms. The highest BCUT2D eigenvalue weighted by molar-refractivity contribution is 5.92. The SMILES string of the molecule is O=C(NCCc1ccc2c(n1)NCCC2)Nc1ccc2c(cnn2Cc2ccccc2)c1. The molecule has 0 bridgehead atoms. The van der Waals surface area contributed by atoms with Crippen LogP contribution in [0.5, 0.6) is 0 Å². The zero-order valence-corrected chi connectivity index (χ0v) is 17.8. The molecule has 2 aromatic carbocycles. The Labute approximate surface area is 186 Å². The standard InChI is InChI=1S/C25H26N6O/c32-25(27-14-12-21-9-8-19-7-4-13-26-24(19)29-21)30-22-10-11-23-20(15-22)16-28-31(23)17-18-5-2-1-3-6-18/h1-3,5-6,8-11,15-16H,4,7,12-14,17H2,(H,26,29)(H2,27,30,32). The van der Waals surface area contributed by atoms with Gasteiger partial charge in [-0.15, -0.1) is 0 Å². The van der Waals surface area contributed by atoms with Crippen molar-refractivity contribution in [3.8, 4) is 0 Å². The average molecular weight is 427 g/mol. The van der Waals surface area contributed by atoms with E-state index in [-0.39, 0.29) is 6.03 Å². The molecule has 7 nitrogen and oxygen atoms in total. The zero-order valence-electron chi connectivity index (χ0n) is 17.8. The van der Waals surface area contributed by atoms with E-state index in [1.165, 1.54) is 11.1 Å². The van der Waals surface area contributed by atoms with E-state index in [4.69, 9.17) is 0 Å². The molecular formula is C25H26N6O. The van der Waals surface area contributed by atoms with Crippen molar-refractivity contribution >= 4 is 28.4 Å². The first kappa shape index (κ1) is 20.1. The van der Waals surface area contributed by atoms with Crippen molar-refractivity contribution < 1.29 is 4.79 Å². The van der Waals surface area contributed by atoms with Crippen molar-refractivity contribution in [3.63, 3.8) is 0 Å². The number of pyridine rings is 1. The van der Waals surface area contributed by atoms with Crippen molar-refractivity contribution in [2.75, 3.05) is 23.7 Å². The summed E-state index contributed by atoms with van der Waals surface area (Å²) in [6.45, 7) is 2.21. The third-order valence-electron chi connectivity index (χ3n) is 5.69. The molecule has 162 valence electrons. The summed E-state index contributed by atoms with van der Waals surface area (Å²) in [6.07, 6.45) is 4.74. The second kappa shape index (κ2) is 9.09. The molecule has 0 unspecified atom stereocenters. The van der Waals surface area contributed by atoms with Crippen molar-refractivity contribution in [2.24, 2.45) is 0 Å². The molecule has 3 heterocycles. The van der Waals surface area contributed by atoms with Crippen LogP contribution in [0.3, 0.4) is 0 Å². The van der Waals surface area contributed by atoms with Gasteiger partial charge in [0.15, 0.2) is 0 Å². The van der Waals surface area contributed by atoms with Gasteiger partial charge in [0.1, 0.15) is 5.82 Å². The lowest BCUT2D eigenvalue weighted by atomic mass is 10.1. The smallest absolute Gasteiger partial charge is 0.319 e. The van der Waals surface area contributed by atoms with Crippen LogP contribution in [0.25, 0.3) is 10.9 Å². The monoisotopic (exact) mass is 426 g/mol. The first-order chi connectivity index (χ1) is 15.7. The predicted octanol–water partition coefficient (Wildman–Crippen LogP) is 4.20. The van der Waals surface area contributed by atoms with Gasteiger partial charge in [0.2, 0.25) is 0 Å². The molecular weight excluding hydrogens is 400 g/mol. The largest absolute Gasteiger partial charge is 0.370 e. The lowest BCUT2D eigenvalue weighted by Crippen LogP contribution is -2.30. The topological polar surface area (TPSA) is 83.9 Å². The van der Waals surface area contributed by atoms with Gasteiger partial charge in [-0.1, -0.05) is 36.4 Å². The van der Waals surface area contributed by atoms with E-state index >= 15 is 0 Å². The Morgan fingerprint density at radius 1 is 1.09 bits per heavy atom. The quantitative estimate of drug-likeness (QED) is 0.431. The molecule has 0 aliphatic carbocycles. The van der Waals surface area contributed by atoms with Crippen LogP contribution >= 0.6 is 0 Å². The lowest BCUT2D eigenvalue weighted by Gasteiger charge is -2.17. The van der Waals surface area contributed by atoms with Gasteiger partial charge in [0.05, 0.1) is 18.3 Å². The zero-order chi connectivity index (χ0) is 21.8. The van der Waals surface area contributed by atoms with Gasteiger partial charge in [-0.25, -0.2) is 9.78 Å². The average Bonchev–Trinajstić information content (AvgIpc) is 3.21. The molecule has 32 heavy (non-hydrogen) atoms. The predicted molar refractivity (Wildman–Crippen MR) is 127 cm³/mol. The maximum atomic E-state index is 12.3. The molecule has 2 amide bonds. The summed E-state index contributed by atoms with van der Waals surface area (Å²) in [5.41, 5.74) is 5.22. The highest BCUT2D eigenvalue weighted by Crippen LogP contribution is 2.21. The van der Waals surface area contributed by atoms with Crippen LogP contribution in [0.2, 0.25) is 0 Å². The van der Waals surface area contributed by atoms with E-state index in [1.807, 2.05) is 53.3 Å². The summed E-state index contributed by atoms with van der Waals surface area (Å²) in [4.78, 5) is 17.0. The third-order valence-corrected chi connectivity index (χ3v) is 5.69. The number of urea groups is 1. The van der Waals surface area contributed by atoms with Crippen LogP contribution in [0.15, 0.2) is 66.9 Å². The van der Waals surface area contributed by atoms with E-state index in [9.17, 15) is 4.79 Å². The summed E-state index contributed by atoms with van der Waals surface area (Å²) in [5, 5.41) is 14.7. The van der Waals surface area contributed by atoms with Crippen molar-refractivity contribution in [2.45, 2.75) is 25.8 Å². The van der Waals surface area contributed by atoms with Gasteiger partial charge < -0.3 is 16.0 Å². The van der Waals surface area contributed by atoms with E-state index in [0.717, 1.165) is 47.5 Å². The van der Waals surface area contributed by atoms with Gasteiger partial charge in [0, 0.05) is 36.3 Å². The van der Waals surface area contributed by atoms with Gasteiger partial charge >= 0.3 is 6.03 Å². The molecule has 0 fully saturated rings. The summed E-state index contributed by atoms with van der Waals surface area (Å²) < 4.78 is 1.97. The number of aryl methyl sites for hydroxylation is 1. The minimum absolute atomic E-state index is 0.225. The normalized spacial score (nSPS) is 12.8. The number of nitrogens with zero attached hydrogens (tertiary/aromatic N) is 3. The number of nitrogens with one attached hydrogen (secondary N) is 3. The number of hydrogen-bond donors (Lipinski definition) is 3. The van der Waals surface area contributed by atoms with Gasteiger partial charge in [0.25, 0.3) is 0 Å². The number of rotatable bonds is 6. The van der Waals surface area contributed by atoms with Gasteiger partial charge in [-0.05, 0) is 48.2 Å². The third kappa shape index (κ3) is 4.56. The van der Waals surface area contributed by atoms with Crippen LogP contribution in [-0.2, 0) is 19.4 Å². The second-order valence-electron chi connectivity index (χ2n) is 8.03. The molecule has 4 aromatic rings. The Bertz CT molecular complexity index is 1230. The Morgan fingerprint density at radius 3 is 2.91 bits per heavy atom. The molecule has 0 saturated carbocycles. The van der Waals surface area contributed by atoms with E-state index in [1.54, 1.807) is 0 Å². The minimum atomic E-state index is -0.225. The number of hydrogen-bond acceptors (Lipinski definition) is 4. The van der Waals surface area contributed by atoms with Gasteiger partial charge in [-0.2, -0.15) is 5.10 Å². The Hall–Kier alpha value is -3.87.